The minimum Gasteiger partial charge on any atom is -0.305 e. The molecule has 0 unspecified atom stereocenters. The van der Waals surface area contributed by atoms with Gasteiger partial charge in [0.15, 0.2) is 0 Å². The number of nitrogens with one attached hydrogen (secondary N) is 3. The number of hydrogen-bond donors (Lipinski definition) is 3. The van der Waals surface area contributed by atoms with Gasteiger partial charge in [-0.25, -0.2) is 14.2 Å². The Morgan fingerprint density at radius 2 is 2.04 bits per heavy atom. The Bertz CT molecular complexity index is 994. The average molecular weight is 344 g/mol. The first kappa shape index (κ1) is 16.6. The van der Waals surface area contributed by atoms with Crippen molar-refractivity contribution in [2.75, 3.05) is 10.6 Å². The van der Waals surface area contributed by atoms with Crippen LogP contribution in [0.15, 0.2) is 29.1 Å². The van der Waals surface area contributed by atoms with Gasteiger partial charge in [0.25, 0.3) is 11.3 Å². The molecule has 8 nitrogen and oxygen atoms in total. The van der Waals surface area contributed by atoms with E-state index in [1.165, 1.54) is 18.2 Å². The second-order valence-corrected chi connectivity index (χ2v) is 5.49. The van der Waals surface area contributed by atoms with Crippen molar-refractivity contribution < 1.29 is 9.18 Å². The number of rotatable bonds is 4. The molecule has 0 bridgehead atoms. The summed E-state index contributed by atoms with van der Waals surface area (Å²) < 4.78 is 14.8. The van der Waals surface area contributed by atoms with Crippen LogP contribution in [0.3, 0.4) is 0 Å². The van der Waals surface area contributed by atoms with Gasteiger partial charge in [-0.15, -0.1) is 0 Å². The summed E-state index contributed by atoms with van der Waals surface area (Å²) in [4.78, 5) is 33.3. The fourth-order valence-corrected chi connectivity index (χ4v) is 2.44. The molecule has 9 heteroatoms. The van der Waals surface area contributed by atoms with Gasteiger partial charge < -0.3 is 10.6 Å². The lowest BCUT2D eigenvalue weighted by atomic mass is 10.2. The molecule has 0 fully saturated rings. The van der Waals surface area contributed by atoms with Crippen LogP contribution in [-0.2, 0) is 6.42 Å². The Balaban J connectivity index is 1.95. The second kappa shape index (κ2) is 6.71. The predicted molar refractivity (Wildman–Crippen MR) is 91.4 cm³/mol. The molecule has 0 saturated heterocycles. The Morgan fingerprint density at radius 1 is 1.28 bits per heavy atom. The number of carbonyl (C=O) groups is 1. The quantitative estimate of drug-likeness (QED) is 0.676. The van der Waals surface area contributed by atoms with E-state index in [1.807, 2.05) is 6.92 Å². The number of H-pyrrole nitrogens is 1. The van der Waals surface area contributed by atoms with E-state index < -0.39 is 17.4 Å². The summed E-state index contributed by atoms with van der Waals surface area (Å²) in [7, 11) is 0. The first-order valence-electron chi connectivity index (χ1n) is 7.80. The van der Waals surface area contributed by atoms with E-state index in [1.54, 1.807) is 13.0 Å². The summed E-state index contributed by atoms with van der Waals surface area (Å²) in [6, 6.07) is 5.04. The Labute approximate surface area is 142 Å². The topological polar surface area (TPSA) is 104 Å². The number of hydrogen-bond acceptors (Lipinski definition) is 4. The fourth-order valence-electron chi connectivity index (χ4n) is 2.44. The van der Waals surface area contributed by atoms with Gasteiger partial charge in [0.2, 0.25) is 0 Å². The zero-order chi connectivity index (χ0) is 18.0. The molecule has 0 saturated carbocycles. The number of aromatic nitrogens is 4. The molecular weight excluding hydrogens is 327 g/mol. The number of fused-ring (bicyclic) bond motifs is 1. The molecule has 0 atom stereocenters. The van der Waals surface area contributed by atoms with Crippen molar-refractivity contribution in [3.8, 4) is 0 Å². The van der Waals surface area contributed by atoms with Crippen molar-refractivity contribution >= 4 is 23.2 Å². The van der Waals surface area contributed by atoms with Gasteiger partial charge in [0.05, 0.1) is 11.4 Å². The standard InChI is InChI=1S/C16H17FN6O2/c1-3-6-12-13(14(24)23-15(19-12)18-9(2)22-23)21-16(25)20-11-8-5-4-7-10(11)17/h4-5,7-8H,3,6H2,1-2H3,(H,18,19,22)(H2,20,21,25). The van der Waals surface area contributed by atoms with Gasteiger partial charge in [-0.3, -0.25) is 9.89 Å². The maximum absolute atomic E-state index is 13.6. The van der Waals surface area contributed by atoms with E-state index >= 15 is 0 Å². The van der Waals surface area contributed by atoms with E-state index in [4.69, 9.17) is 0 Å². The summed E-state index contributed by atoms with van der Waals surface area (Å²) in [6.45, 7) is 3.63. The molecule has 130 valence electrons. The monoisotopic (exact) mass is 344 g/mol. The summed E-state index contributed by atoms with van der Waals surface area (Å²) in [6.07, 6.45) is 1.22. The minimum absolute atomic E-state index is 0.0172. The largest absolute Gasteiger partial charge is 0.323 e. The highest BCUT2D eigenvalue weighted by molar-refractivity contribution is 6.00. The molecule has 2 heterocycles. The van der Waals surface area contributed by atoms with Crippen LogP contribution in [0, 0.1) is 12.7 Å². The molecule has 2 aromatic heterocycles. The van der Waals surface area contributed by atoms with Gasteiger partial charge in [-0.1, -0.05) is 25.5 Å². The number of anilines is 2. The average Bonchev–Trinajstić information content (AvgIpc) is 2.94. The maximum atomic E-state index is 13.6. The van der Waals surface area contributed by atoms with Crippen LogP contribution in [0.4, 0.5) is 20.6 Å². The lowest BCUT2D eigenvalue weighted by Crippen LogP contribution is -2.29. The second-order valence-electron chi connectivity index (χ2n) is 5.49. The third-order valence-electron chi connectivity index (χ3n) is 3.53. The number of halogens is 1. The van der Waals surface area contributed by atoms with Crippen molar-refractivity contribution in [3.63, 3.8) is 0 Å². The highest BCUT2D eigenvalue weighted by atomic mass is 19.1. The molecule has 2 amide bonds. The molecule has 1 aromatic carbocycles. The van der Waals surface area contributed by atoms with Gasteiger partial charge >= 0.3 is 6.03 Å². The number of nitrogens with zero attached hydrogens (tertiary/aromatic N) is 3. The molecule has 25 heavy (non-hydrogen) atoms. The Morgan fingerprint density at radius 3 is 2.76 bits per heavy atom. The van der Waals surface area contributed by atoms with Crippen LogP contribution >= 0.6 is 0 Å². The van der Waals surface area contributed by atoms with Crippen LogP contribution in [0.25, 0.3) is 5.78 Å². The first-order valence-corrected chi connectivity index (χ1v) is 7.80. The number of benzene rings is 1. The molecule has 0 aliphatic carbocycles. The molecular formula is C16H17FN6O2. The van der Waals surface area contributed by atoms with Crippen molar-refractivity contribution in [1.29, 1.82) is 0 Å². The smallest absolute Gasteiger partial charge is 0.305 e. The zero-order valence-corrected chi connectivity index (χ0v) is 13.8. The number of carbonyl (C=O) groups excluding carboxylic acids is 1. The predicted octanol–water partition coefficient (Wildman–Crippen LogP) is 2.46. The van der Waals surface area contributed by atoms with E-state index in [-0.39, 0.29) is 17.2 Å². The van der Waals surface area contributed by atoms with E-state index in [2.05, 4.69) is 25.7 Å². The normalized spacial score (nSPS) is 10.8. The fraction of sp³-hybridized carbons (Fsp3) is 0.250. The summed E-state index contributed by atoms with van der Waals surface area (Å²) in [5.74, 6) is 0.201. The minimum atomic E-state index is -0.724. The summed E-state index contributed by atoms with van der Waals surface area (Å²) in [5, 5.41) is 7.63. The Kier molecular flexibility index (Phi) is 4.46. The molecule has 3 rings (SSSR count). The molecule has 0 aliphatic rings. The van der Waals surface area contributed by atoms with Gasteiger partial charge in [-0.05, 0) is 25.5 Å². The molecule has 0 aliphatic heterocycles. The van der Waals surface area contributed by atoms with Crippen LogP contribution in [0.5, 0.6) is 0 Å². The van der Waals surface area contributed by atoms with E-state index in [9.17, 15) is 14.0 Å². The zero-order valence-electron chi connectivity index (χ0n) is 13.8. The summed E-state index contributed by atoms with van der Waals surface area (Å²) >= 11 is 0. The molecule has 0 spiro atoms. The number of amides is 2. The van der Waals surface area contributed by atoms with Crippen molar-refractivity contribution in [2.45, 2.75) is 26.7 Å². The SMILES string of the molecule is CCCc1nc2nc(C)[nH]n2c(=O)c1NC(=O)Nc1ccccc1F. The van der Waals surface area contributed by atoms with Crippen molar-refractivity contribution in [1.82, 2.24) is 19.6 Å². The summed E-state index contributed by atoms with van der Waals surface area (Å²) in [5.41, 5.74) is 0.0147. The highest BCUT2D eigenvalue weighted by Crippen LogP contribution is 2.15. The highest BCUT2D eigenvalue weighted by Gasteiger charge is 2.17. The number of aromatic amines is 1. The van der Waals surface area contributed by atoms with Gasteiger partial charge in [0.1, 0.15) is 17.3 Å². The van der Waals surface area contributed by atoms with E-state index in [0.29, 0.717) is 17.9 Å². The lowest BCUT2D eigenvalue weighted by molar-refractivity contribution is 0.262. The van der Waals surface area contributed by atoms with Crippen molar-refractivity contribution in [2.24, 2.45) is 0 Å². The van der Waals surface area contributed by atoms with E-state index in [0.717, 1.165) is 10.9 Å². The number of para-hydroxylation sites is 1. The number of urea groups is 1. The maximum Gasteiger partial charge on any atom is 0.323 e. The van der Waals surface area contributed by atoms with Crippen LogP contribution < -0.4 is 16.2 Å². The molecule has 0 radical (unpaired) electrons. The molecule has 3 N–H and O–H groups in total. The van der Waals surface area contributed by atoms with Gasteiger partial charge in [-0.2, -0.15) is 9.50 Å². The molecule has 3 aromatic rings. The number of aryl methyl sites for hydroxylation is 2. The Hall–Kier alpha value is -3.23. The first-order chi connectivity index (χ1) is 12.0. The third kappa shape index (κ3) is 3.35. The third-order valence-corrected chi connectivity index (χ3v) is 3.53. The van der Waals surface area contributed by atoms with Crippen LogP contribution in [0.2, 0.25) is 0 Å². The van der Waals surface area contributed by atoms with Gasteiger partial charge in [0, 0.05) is 0 Å². The van der Waals surface area contributed by atoms with Crippen LogP contribution in [-0.4, -0.2) is 25.6 Å². The lowest BCUT2D eigenvalue weighted by Gasteiger charge is -2.11. The van der Waals surface area contributed by atoms with Crippen molar-refractivity contribution in [3.05, 3.63) is 52.0 Å². The van der Waals surface area contributed by atoms with Crippen LogP contribution in [0.1, 0.15) is 24.9 Å².